The molecule has 2 aromatic rings. The standard InChI is InChI=1S/C18H17FO4/c19-16-9-13(5-6-15(16)18(20)21)14-3-1-2-4-17(14)23-11-12-7-8-22-10-12/h1-6,9,12H,7-8,10-11H2,(H,20,21). The van der Waals surface area contributed by atoms with Crippen LogP contribution in [0, 0.1) is 11.7 Å². The Morgan fingerprint density at radius 3 is 2.83 bits per heavy atom. The first-order valence-corrected chi connectivity index (χ1v) is 7.48. The topological polar surface area (TPSA) is 55.8 Å². The van der Waals surface area contributed by atoms with Crippen LogP contribution in [0.2, 0.25) is 0 Å². The Labute approximate surface area is 133 Å². The van der Waals surface area contributed by atoms with Gasteiger partial charge in [0, 0.05) is 18.1 Å². The van der Waals surface area contributed by atoms with Crippen LogP contribution >= 0.6 is 0 Å². The number of carbonyl (C=O) groups is 1. The van der Waals surface area contributed by atoms with E-state index in [-0.39, 0.29) is 5.56 Å². The highest BCUT2D eigenvalue weighted by molar-refractivity contribution is 5.89. The summed E-state index contributed by atoms with van der Waals surface area (Å²) in [5.41, 5.74) is 0.989. The summed E-state index contributed by atoms with van der Waals surface area (Å²) in [6.45, 7) is 2.01. The fraction of sp³-hybridized carbons (Fsp3) is 0.278. The van der Waals surface area contributed by atoms with Crippen LogP contribution in [0.25, 0.3) is 11.1 Å². The molecule has 1 N–H and O–H groups in total. The molecular weight excluding hydrogens is 299 g/mol. The van der Waals surface area contributed by atoms with Gasteiger partial charge in [0.25, 0.3) is 0 Å². The van der Waals surface area contributed by atoms with Gasteiger partial charge in [0.1, 0.15) is 11.6 Å². The second-order valence-corrected chi connectivity index (χ2v) is 5.54. The smallest absolute Gasteiger partial charge is 0.338 e. The molecule has 2 aromatic carbocycles. The number of aromatic carboxylic acids is 1. The van der Waals surface area contributed by atoms with Crippen molar-refractivity contribution in [1.29, 1.82) is 0 Å². The van der Waals surface area contributed by atoms with E-state index in [1.165, 1.54) is 12.1 Å². The molecule has 1 heterocycles. The van der Waals surface area contributed by atoms with Gasteiger partial charge in [-0.05, 0) is 30.2 Å². The maximum absolute atomic E-state index is 13.9. The Morgan fingerprint density at radius 1 is 1.30 bits per heavy atom. The quantitative estimate of drug-likeness (QED) is 0.915. The fourth-order valence-corrected chi connectivity index (χ4v) is 2.61. The summed E-state index contributed by atoms with van der Waals surface area (Å²) in [5.74, 6) is -1.01. The molecule has 1 atom stereocenters. The van der Waals surface area contributed by atoms with Gasteiger partial charge in [-0.2, -0.15) is 0 Å². The summed E-state index contributed by atoms with van der Waals surface area (Å²) in [6, 6.07) is 11.4. The summed E-state index contributed by atoms with van der Waals surface area (Å²) < 4.78 is 25.1. The molecule has 4 nitrogen and oxygen atoms in total. The number of rotatable bonds is 5. The number of halogens is 1. The largest absolute Gasteiger partial charge is 0.493 e. The van der Waals surface area contributed by atoms with Crippen LogP contribution in [0.3, 0.4) is 0 Å². The van der Waals surface area contributed by atoms with Crippen molar-refractivity contribution in [3.63, 3.8) is 0 Å². The number of carboxylic acids is 1. The number of hydrogen-bond donors (Lipinski definition) is 1. The van der Waals surface area contributed by atoms with E-state index in [2.05, 4.69) is 0 Å². The normalized spacial score (nSPS) is 17.2. The lowest BCUT2D eigenvalue weighted by atomic mass is 10.0. The van der Waals surface area contributed by atoms with Gasteiger partial charge in [-0.15, -0.1) is 0 Å². The summed E-state index contributed by atoms with van der Waals surface area (Å²) >= 11 is 0. The van der Waals surface area contributed by atoms with Crippen molar-refractivity contribution in [3.05, 3.63) is 53.8 Å². The van der Waals surface area contributed by atoms with E-state index >= 15 is 0 Å². The minimum atomic E-state index is -1.28. The molecule has 120 valence electrons. The van der Waals surface area contributed by atoms with Gasteiger partial charge in [0.15, 0.2) is 0 Å². The molecule has 0 aromatic heterocycles. The zero-order valence-electron chi connectivity index (χ0n) is 12.5. The predicted octanol–water partition coefficient (Wildman–Crippen LogP) is 3.61. The molecule has 1 fully saturated rings. The van der Waals surface area contributed by atoms with Crippen LogP contribution in [-0.2, 0) is 4.74 Å². The molecule has 23 heavy (non-hydrogen) atoms. The summed E-state index contributed by atoms with van der Waals surface area (Å²) in [5, 5.41) is 8.91. The lowest BCUT2D eigenvalue weighted by Crippen LogP contribution is -2.12. The number of hydrogen-bond acceptors (Lipinski definition) is 3. The Balaban J connectivity index is 1.84. The zero-order valence-corrected chi connectivity index (χ0v) is 12.5. The molecule has 5 heteroatoms. The van der Waals surface area contributed by atoms with Crippen molar-refractivity contribution in [3.8, 4) is 16.9 Å². The Bertz CT molecular complexity index is 708. The van der Waals surface area contributed by atoms with Crippen molar-refractivity contribution in [2.24, 2.45) is 5.92 Å². The van der Waals surface area contributed by atoms with Crippen molar-refractivity contribution >= 4 is 5.97 Å². The van der Waals surface area contributed by atoms with E-state index in [4.69, 9.17) is 14.6 Å². The Kier molecular flexibility index (Phi) is 4.57. The van der Waals surface area contributed by atoms with E-state index in [1.807, 2.05) is 24.3 Å². The minimum Gasteiger partial charge on any atom is -0.493 e. The molecule has 1 unspecified atom stereocenters. The first kappa shape index (κ1) is 15.5. The Morgan fingerprint density at radius 2 is 2.13 bits per heavy atom. The van der Waals surface area contributed by atoms with E-state index in [0.717, 1.165) is 18.6 Å². The van der Waals surface area contributed by atoms with E-state index in [0.29, 0.717) is 30.4 Å². The fourth-order valence-electron chi connectivity index (χ4n) is 2.61. The summed E-state index contributed by atoms with van der Waals surface area (Å²) in [6.07, 6.45) is 0.976. The highest BCUT2D eigenvalue weighted by atomic mass is 19.1. The molecule has 1 aliphatic rings. The lowest BCUT2D eigenvalue weighted by Gasteiger charge is -2.14. The highest BCUT2D eigenvalue weighted by Crippen LogP contribution is 2.31. The van der Waals surface area contributed by atoms with Gasteiger partial charge in [0.2, 0.25) is 0 Å². The molecule has 1 aliphatic heterocycles. The molecule has 0 amide bonds. The molecule has 0 bridgehead atoms. The van der Waals surface area contributed by atoms with Crippen LogP contribution in [0.4, 0.5) is 4.39 Å². The maximum Gasteiger partial charge on any atom is 0.338 e. The molecule has 1 saturated heterocycles. The Hall–Kier alpha value is -2.40. The maximum atomic E-state index is 13.9. The second kappa shape index (κ2) is 6.79. The predicted molar refractivity (Wildman–Crippen MR) is 83.2 cm³/mol. The first-order valence-electron chi connectivity index (χ1n) is 7.48. The lowest BCUT2D eigenvalue weighted by molar-refractivity contribution is 0.0692. The van der Waals surface area contributed by atoms with Gasteiger partial charge >= 0.3 is 5.97 Å². The number of ether oxygens (including phenoxy) is 2. The zero-order chi connectivity index (χ0) is 16.2. The van der Waals surface area contributed by atoms with Gasteiger partial charge in [-0.25, -0.2) is 9.18 Å². The second-order valence-electron chi connectivity index (χ2n) is 5.54. The third-order valence-corrected chi connectivity index (χ3v) is 3.90. The molecule has 3 rings (SSSR count). The molecular formula is C18H17FO4. The third-order valence-electron chi connectivity index (χ3n) is 3.90. The van der Waals surface area contributed by atoms with E-state index < -0.39 is 11.8 Å². The van der Waals surface area contributed by atoms with E-state index in [9.17, 15) is 9.18 Å². The summed E-state index contributed by atoms with van der Waals surface area (Å²) in [7, 11) is 0. The van der Waals surface area contributed by atoms with Crippen LogP contribution in [0.15, 0.2) is 42.5 Å². The molecule has 0 radical (unpaired) electrons. The minimum absolute atomic E-state index is 0.338. The molecule has 0 spiro atoms. The number of para-hydroxylation sites is 1. The van der Waals surface area contributed by atoms with Crippen LogP contribution in [0.1, 0.15) is 16.8 Å². The molecule has 0 saturated carbocycles. The highest BCUT2D eigenvalue weighted by Gasteiger charge is 2.18. The average Bonchev–Trinajstić information content (AvgIpc) is 3.06. The van der Waals surface area contributed by atoms with Gasteiger partial charge < -0.3 is 14.6 Å². The van der Waals surface area contributed by atoms with Crippen molar-refractivity contribution in [1.82, 2.24) is 0 Å². The van der Waals surface area contributed by atoms with Crippen molar-refractivity contribution in [2.45, 2.75) is 6.42 Å². The van der Waals surface area contributed by atoms with Crippen LogP contribution in [0.5, 0.6) is 5.75 Å². The van der Waals surface area contributed by atoms with Crippen molar-refractivity contribution < 1.29 is 23.8 Å². The van der Waals surface area contributed by atoms with Crippen molar-refractivity contribution in [2.75, 3.05) is 19.8 Å². The SMILES string of the molecule is O=C(O)c1ccc(-c2ccccc2OCC2CCOC2)cc1F. The van der Waals surface area contributed by atoms with Crippen LogP contribution < -0.4 is 4.74 Å². The van der Waals surface area contributed by atoms with E-state index in [1.54, 1.807) is 6.07 Å². The molecule has 0 aliphatic carbocycles. The average molecular weight is 316 g/mol. The van der Waals surface area contributed by atoms with Crippen LogP contribution in [-0.4, -0.2) is 30.9 Å². The monoisotopic (exact) mass is 316 g/mol. The van der Waals surface area contributed by atoms with Gasteiger partial charge in [-0.1, -0.05) is 24.3 Å². The number of benzene rings is 2. The third kappa shape index (κ3) is 3.51. The summed E-state index contributed by atoms with van der Waals surface area (Å²) in [4.78, 5) is 10.9. The first-order chi connectivity index (χ1) is 11.1. The van der Waals surface area contributed by atoms with Gasteiger partial charge in [0.05, 0.1) is 18.8 Å². The number of carboxylic acid groups (broad SMARTS) is 1. The van der Waals surface area contributed by atoms with Gasteiger partial charge in [-0.3, -0.25) is 0 Å².